The number of carbonyl (C=O) groups is 1. The minimum absolute atomic E-state index is 0.00693. The lowest BCUT2D eigenvalue weighted by Gasteiger charge is -2.19. The van der Waals surface area contributed by atoms with Gasteiger partial charge in [0.1, 0.15) is 11.5 Å². The molecular weight excluding hydrogens is 258 g/mol. The number of benzene rings is 1. The Hall–Kier alpha value is -1.75. The van der Waals surface area contributed by atoms with Crippen LogP contribution >= 0.6 is 0 Å². The zero-order valence-electron chi connectivity index (χ0n) is 12.0. The van der Waals surface area contributed by atoms with Gasteiger partial charge >= 0.3 is 0 Å². The van der Waals surface area contributed by atoms with Crippen LogP contribution in [0.15, 0.2) is 18.2 Å². The van der Waals surface area contributed by atoms with E-state index in [1.54, 1.807) is 14.2 Å². The van der Waals surface area contributed by atoms with Crippen LogP contribution in [0.4, 0.5) is 0 Å². The molecule has 1 N–H and O–H groups in total. The molecule has 0 saturated carbocycles. The van der Waals surface area contributed by atoms with Gasteiger partial charge in [0.05, 0.1) is 26.4 Å². The summed E-state index contributed by atoms with van der Waals surface area (Å²) in [5.41, 5.74) is 0.979. The van der Waals surface area contributed by atoms with Crippen molar-refractivity contribution in [2.24, 2.45) is 0 Å². The second kappa shape index (κ2) is 7.14. The number of hydrogen-bond donors (Lipinski definition) is 1. The number of methoxy groups -OCH3 is 2. The summed E-state index contributed by atoms with van der Waals surface area (Å²) in [7, 11) is 3.22. The molecule has 1 aliphatic rings. The Labute approximate surface area is 119 Å². The zero-order chi connectivity index (χ0) is 14.4. The summed E-state index contributed by atoms with van der Waals surface area (Å²) < 4.78 is 15.9. The van der Waals surface area contributed by atoms with Crippen LogP contribution in [0.1, 0.15) is 30.9 Å². The predicted octanol–water partition coefficient (Wildman–Crippen LogP) is 2.06. The first kappa shape index (κ1) is 14.7. The van der Waals surface area contributed by atoms with E-state index in [0.717, 1.165) is 29.9 Å². The summed E-state index contributed by atoms with van der Waals surface area (Å²) in [4.78, 5) is 11.9. The van der Waals surface area contributed by atoms with Crippen molar-refractivity contribution in [1.29, 1.82) is 0 Å². The van der Waals surface area contributed by atoms with Gasteiger partial charge in [-0.2, -0.15) is 0 Å². The number of hydrogen-bond acceptors (Lipinski definition) is 4. The zero-order valence-corrected chi connectivity index (χ0v) is 12.0. The minimum Gasteiger partial charge on any atom is -0.497 e. The van der Waals surface area contributed by atoms with Gasteiger partial charge in [0.2, 0.25) is 5.91 Å². The van der Waals surface area contributed by atoms with E-state index >= 15 is 0 Å². The molecule has 110 valence electrons. The van der Waals surface area contributed by atoms with Crippen LogP contribution in [-0.2, 0) is 9.53 Å². The highest BCUT2D eigenvalue weighted by Crippen LogP contribution is 2.34. The molecule has 1 heterocycles. The molecule has 20 heavy (non-hydrogen) atoms. The smallest absolute Gasteiger partial charge is 0.222 e. The topological polar surface area (TPSA) is 56.8 Å². The number of fused-ring (bicyclic) bond motifs is 1. The number of amides is 1. The van der Waals surface area contributed by atoms with Crippen LogP contribution in [0, 0.1) is 0 Å². The molecule has 0 radical (unpaired) electrons. The van der Waals surface area contributed by atoms with Crippen LogP contribution in [0.2, 0.25) is 0 Å². The Morgan fingerprint density at radius 3 is 3.05 bits per heavy atom. The lowest BCUT2D eigenvalue weighted by Crippen LogP contribution is -2.29. The first-order valence-electron chi connectivity index (χ1n) is 6.83. The fourth-order valence-corrected chi connectivity index (χ4v) is 2.29. The van der Waals surface area contributed by atoms with Gasteiger partial charge in [-0.05, 0) is 31.0 Å². The third kappa shape index (κ3) is 3.63. The van der Waals surface area contributed by atoms with Crippen molar-refractivity contribution in [3.05, 3.63) is 23.8 Å². The Morgan fingerprint density at radius 2 is 2.30 bits per heavy atom. The van der Waals surface area contributed by atoms with Gasteiger partial charge in [0.25, 0.3) is 0 Å². The van der Waals surface area contributed by atoms with Crippen molar-refractivity contribution in [3.63, 3.8) is 0 Å². The Bertz CT molecular complexity index is 461. The molecule has 0 fully saturated rings. The van der Waals surface area contributed by atoms with Crippen LogP contribution in [-0.4, -0.2) is 33.3 Å². The van der Waals surface area contributed by atoms with E-state index in [2.05, 4.69) is 5.32 Å². The van der Waals surface area contributed by atoms with Crippen LogP contribution < -0.4 is 14.8 Å². The third-order valence-corrected chi connectivity index (χ3v) is 3.36. The van der Waals surface area contributed by atoms with Crippen molar-refractivity contribution in [1.82, 2.24) is 5.32 Å². The van der Waals surface area contributed by atoms with Crippen molar-refractivity contribution in [3.8, 4) is 11.5 Å². The summed E-state index contributed by atoms with van der Waals surface area (Å²) in [6, 6.07) is 5.66. The molecular formula is C15H21NO4. The highest BCUT2D eigenvalue weighted by atomic mass is 16.5. The lowest BCUT2D eigenvalue weighted by molar-refractivity contribution is -0.122. The van der Waals surface area contributed by atoms with Crippen molar-refractivity contribution in [2.45, 2.75) is 25.3 Å². The highest BCUT2D eigenvalue weighted by Gasteiger charge is 2.22. The maximum atomic E-state index is 11.9. The first-order chi connectivity index (χ1) is 9.74. The summed E-state index contributed by atoms with van der Waals surface area (Å²) in [6.45, 7) is 1.10. The van der Waals surface area contributed by atoms with Gasteiger partial charge in [0, 0.05) is 19.1 Å². The van der Waals surface area contributed by atoms with E-state index in [0.29, 0.717) is 19.6 Å². The van der Waals surface area contributed by atoms with Gasteiger partial charge in [-0.3, -0.25) is 4.79 Å². The van der Waals surface area contributed by atoms with Crippen LogP contribution in [0.5, 0.6) is 11.5 Å². The molecule has 1 atom stereocenters. The Kier molecular flexibility index (Phi) is 5.24. The van der Waals surface area contributed by atoms with Gasteiger partial charge in [0.15, 0.2) is 0 Å². The summed E-state index contributed by atoms with van der Waals surface area (Å²) in [5, 5.41) is 3.05. The summed E-state index contributed by atoms with van der Waals surface area (Å²) in [5.74, 6) is 1.58. The lowest BCUT2D eigenvalue weighted by atomic mass is 10.0. The van der Waals surface area contributed by atoms with Crippen molar-refractivity contribution < 1.29 is 19.0 Å². The third-order valence-electron chi connectivity index (χ3n) is 3.36. The van der Waals surface area contributed by atoms with E-state index in [1.165, 1.54) is 0 Å². The second-order valence-corrected chi connectivity index (χ2v) is 4.76. The Balaban J connectivity index is 2.15. The van der Waals surface area contributed by atoms with Gasteiger partial charge in [-0.25, -0.2) is 0 Å². The molecule has 5 heteroatoms. The maximum absolute atomic E-state index is 11.9. The minimum atomic E-state index is -0.0352. The van der Waals surface area contributed by atoms with Gasteiger partial charge in [-0.1, -0.05) is 0 Å². The first-order valence-corrected chi connectivity index (χ1v) is 6.83. The fraction of sp³-hybridized carbons (Fsp3) is 0.533. The monoisotopic (exact) mass is 279 g/mol. The normalized spacial score (nSPS) is 17.6. The van der Waals surface area contributed by atoms with Gasteiger partial charge < -0.3 is 19.5 Å². The van der Waals surface area contributed by atoms with Crippen molar-refractivity contribution in [2.75, 3.05) is 27.4 Å². The van der Waals surface area contributed by atoms with Crippen molar-refractivity contribution >= 4 is 5.91 Å². The van der Waals surface area contributed by atoms with Crippen LogP contribution in [0.3, 0.4) is 0 Å². The number of carbonyl (C=O) groups excluding carboxylic acids is 1. The molecule has 0 aromatic heterocycles. The van der Waals surface area contributed by atoms with E-state index in [4.69, 9.17) is 14.2 Å². The highest BCUT2D eigenvalue weighted by molar-refractivity contribution is 5.76. The fourth-order valence-electron chi connectivity index (χ4n) is 2.29. The molecule has 0 saturated heterocycles. The SMILES string of the molecule is COCCC(=O)NC1CCCOc2ccc(OC)cc21. The molecule has 1 aromatic carbocycles. The quantitative estimate of drug-likeness (QED) is 0.896. The van der Waals surface area contributed by atoms with E-state index in [-0.39, 0.29) is 11.9 Å². The second-order valence-electron chi connectivity index (χ2n) is 4.76. The largest absolute Gasteiger partial charge is 0.497 e. The molecule has 0 aliphatic carbocycles. The Morgan fingerprint density at radius 1 is 1.45 bits per heavy atom. The van der Waals surface area contributed by atoms with E-state index < -0.39 is 0 Å². The number of ether oxygens (including phenoxy) is 3. The number of nitrogens with one attached hydrogen (secondary N) is 1. The van der Waals surface area contributed by atoms with Crippen LogP contribution in [0.25, 0.3) is 0 Å². The maximum Gasteiger partial charge on any atom is 0.222 e. The average Bonchev–Trinajstić information content (AvgIpc) is 2.67. The molecule has 0 bridgehead atoms. The standard InChI is InChI=1S/C15H21NO4/c1-18-9-7-15(17)16-13-4-3-8-20-14-6-5-11(19-2)10-12(13)14/h5-6,10,13H,3-4,7-9H2,1-2H3,(H,16,17). The molecule has 0 spiro atoms. The average molecular weight is 279 g/mol. The number of rotatable bonds is 5. The van der Waals surface area contributed by atoms with E-state index in [1.807, 2.05) is 18.2 Å². The molecule has 1 aliphatic heterocycles. The molecule has 2 rings (SSSR count). The predicted molar refractivity (Wildman–Crippen MR) is 75.1 cm³/mol. The molecule has 1 unspecified atom stereocenters. The molecule has 5 nitrogen and oxygen atoms in total. The van der Waals surface area contributed by atoms with E-state index in [9.17, 15) is 4.79 Å². The molecule has 1 aromatic rings. The summed E-state index contributed by atoms with van der Waals surface area (Å²) >= 11 is 0. The summed E-state index contributed by atoms with van der Waals surface area (Å²) in [6.07, 6.45) is 2.14. The van der Waals surface area contributed by atoms with Gasteiger partial charge in [-0.15, -0.1) is 0 Å². The molecule has 1 amide bonds.